The lowest BCUT2D eigenvalue weighted by molar-refractivity contribution is -0.197. The van der Waals surface area contributed by atoms with Crippen molar-refractivity contribution in [3.63, 3.8) is 0 Å². The minimum Gasteiger partial charge on any atom is -0.366 e. The molecule has 0 bridgehead atoms. The van der Waals surface area contributed by atoms with E-state index in [-0.39, 0.29) is 6.10 Å². The molecule has 0 fully saturated rings. The number of allylic oxidation sites excluding steroid dienone is 2. The molecular weight excluding hydrogens is 188 g/mol. The van der Waals surface area contributed by atoms with Crippen LogP contribution in [0.2, 0.25) is 0 Å². The molecule has 1 rings (SSSR count). The van der Waals surface area contributed by atoms with Crippen LogP contribution in [0.4, 0.5) is 0 Å². The van der Waals surface area contributed by atoms with Crippen LogP contribution in [-0.2, 0) is 4.74 Å². The lowest BCUT2D eigenvalue weighted by Crippen LogP contribution is -2.26. The van der Waals surface area contributed by atoms with Crippen molar-refractivity contribution in [2.45, 2.75) is 72.2 Å². The fraction of sp³-hybridized carbons (Fsp3) is 0.846. The summed E-state index contributed by atoms with van der Waals surface area (Å²) >= 11 is 0. The van der Waals surface area contributed by atoms with E-state index in [1.807, 2.05) is 13.8 Å². The highest BCUT2D eigenvalue weighted by atomic mass is 16.6. The summed E-state index contributed by atoms with van der Waals surface area (Å²) < 4.78 is 4.99. The molecule has 1 aliphatic rings. The van der Waals surface area contributed by atoms with Crippen molar-refractivity contribution in [2.75, 3.05) is 0 Å². The zero-order chi connectivity index (χ0) is 11.9. The molecule has 0 amide bonds. The molecule has 1 N–H and O–H groups in total. The summed E-state index contributed by atoms with van der Waals surface area (Å²) in [7, 11) is 0. The number of hydrogen-bond donors (Lipinski definition) is 1. The first-order chi connectivity index (χ1) is 6.81. The van der Waals surface area contributed by atoms with Crippen LogP contribution in [0.25, 0.3) is 0 Å². The van der Waals surface area contributed by atoms with Gasteiger partial charge in [-0.15, -0.1) is 0 Å². The van der Waals surface area contributed by atoms with Crippen LogP contribution in [0, 0.1) is 0 Å². The molecule has 1 aliphatic carbocycles. The van der Waals surface area contributed by atoms with Gasteiger partial charge in [-0.25, -0.2) is 0 Å². The summed E-state index contributed by atoms with van der Waals surface area (Å²) in [6.07, 6.45) is 7.95. The Morgan fingerprint density at radius 1 is 1.33 bits per heavy atom. The van der Waals surface area contributed by atoms with E-state index in [0.29, 0.717) is 0 Å². The van der Waals surface area contributed by atoms with Gasteiger partial charge in [0.2, 0.25) is 0 Å². The maximum Gasteiger partial charge on any atom is 0.160 e. The zero-order valence-corrected chi connectivity index (χ0v) is 10.8. The smallest absolute Gasteiger partial charge is 0.160 e. The summed E-state index contributed by atoms with van der Waals surface area (Å²) in [6.45, 7) is 9.23. The Morgan fingerprint density at radius 3 is 2.07 bits per heavy atom. The molecule has 0 heterocycles. The number of aliphatic hydroxyl groups is 1. The topological polar surface area (TPSA) is 29.5 Å². The van der Waals surface area contributed by atoms with Crippen molar-refractivity contribution < 1.29 is 9.84 Å². The highest BCUT2D eigenvalue weighted by molar-refractivity contribution is 5.00. The normalized spacial score (nSPS) is 16.9. The maximum absolute atomic E-state index is 8.97. The van der Waals surface area contributed by atoms with E-state index in [1.54, 1.807) is 19.4 Å². The monoisotopic (exact) mass is 214 g/mol. The van der Waals surface area contributed by atoms with Crippen molar-refractivity contribution in [2.24, 2.45) is 0 Å². The average Bonchev–Trinajstić information content (AvgIpc) is 2.01. The quantitative estimate of drug-likeness (QED) is 0.561. The first kappa shape index (κ1) is 14.7. The van der Waals surface area contributed by atoms with Gasteiger partial charge in [0, 0.05) is 0 Å². The lowest BCUT2D eigenvalue weighted by Gasteiger charge is -2.20. The summed E-state index contributed by atoms with van der Waals surface area (Å²) in [5.74, 6) is -0.978. The molecule has 0 aliphatic heterocycles. The second-order valence-corrected chi connectivity index (χ2v) is 4.91. The third kappa shape index (κ3) is 11.6. The fourth-order valence-electron chi connectivity index (χ4n) is 1.58. The van der Waals surface area contributed by atoms with Crippen molar-refractivity contribution in [1.82, 2.24) is 0 Å². The molecule has 90 valence electrons. The van der Waals surface area contributed by atoms with Crippen LogP contribution < -0.4 is 0 Å². The van der Waals surface area contributed by atoms with Gasteiger partial charge in [-0.1, -0.05) is 11.6 Å². The molecule has 2 heteroatoms. The second kappa shape index (κ2) is 7.02. The number of rotatable bonds is 2. The van der Waals surface area contributed by atoms with E-state index >= 15 is 0 Å². The zero-order valence-electron chi connectivity index (χ0n) is 10.8. The molecule has 0 saturated carbocycles. The molecule has 0 atom stereocenters. The Hall–Kier alpha value is -0.340. The first-order valence-electron chi connectivity index (χ1n) is 5.87. The highest BCUT2D eigenvalue weighted by Gasteiger charge is 2.13. The van der Waals surface area contributed by atoms with Crippen LogP contribution in [-0.4, -0.2) is 17.0 Å². The van der Waals surface area contributed by atoms with E-state index < -0.39 is 5.79 Å². The van der Waals surface area contributed by atoms with Gasteiger partial charge in [0.25, 0.3) is 0 Å². The largest absolute Gasteiger partial charge is 0.366 e. The predicted molar refractivity (Wildman–Crippen MR) is 64.7 cm³/mol. The first-order valence-corrected chi connectivity index (χ1v) is 5.87. The predicted octanol–water partition coefficient (Wildman–Crippen LogP) is 3.65. The van der Waals surface area contributed by atoms with E-state index in [9.17, 15) is 0 Å². The summed E-state index contributed by atoms with van der Waals surface area (Å²) in [4.78, 5) is 0. The molecule has 0 radical (unpaired) electrons. The average molecular weight is 214 g/mol. The molecule has 0 aromatic carbocycles. The molecule has 15 heavy (non-hydrogen) atoms. The van der Waals surface area contributed by atoms with Gasteiger partial charge in [-0.3, -0.25) is 0 Å². The number of hydrogen-bond acceptors (Lipinski definition) is 2. The van der Waals surface area contributed by atoms with Crippen LogP contribution in [0.5, 0.6) is 0 Å². The van der Waals surface area contributed by atoms with Crippen LogP contribution in [0.15, 0.2) is 11.6 Å². The molecule has 0 unspecified atom stereocenters. The highest BCUT2D eigenvalue weighted by Crippen LogP contribution is 2.15. The molecule has 0 aromatic heterocycles. The maximum atomic E-state index is 8.97. The van der Waals surface area contributed by atoms with E-state index in [1.165, 1.54) is 25.7 Å². The number of ether oxygens (including phenoxy) is 1. The van der Waals surface area contributed by atoms with Gasteiger partial charge in [0.1, 0.15) is 0 Å². The standard InChI is InChI=1S/C7H12.C6H14O2/c1-7-5-3-2-4-6-7;1-5(2)8-6(3,4)7/h5H,2-4,6H2,1H3;5,7H,1-4H3. The second-order valence-electron chi connectivity index (χ2n) is 4.91. The Balaban J connectivity index is 0.000000262. The van der Waals surface area contributed by atoms with E-state index in [0.717, 1.165) is 0 Å². The summed E-state index contributed by atoms with van der Waals surface area (Å²) in [5.41, 5.74) is 1.59. The third-order valence-electron chi connectivity index (χ3n) is 2.04. The van der Waals surface area contributed by atoms with Crippen molar-refractivity contribution in [3.8, 4) is 0 Å². The summed E-state index contributed by atoms with van der Waals surface area (Å²) in [5, 5.41) is 8.97. The van der Waals surface area contributed by atoms with Gasteiger partial charge < -0.3 is 9.84 Å². The molecule has 2 nitrogen and oxygen atoms in total. The van der Waals surface area contributed by atoms with Gasteiger partial charge in [-0.05, 0) is 60.3 Å². The van der Waals surface area contributed by atoms with E-state index in [4.69, 9.17) is 9.84 Å². The van der Waals surface area contributed by atoms with Gasteiger partial charge >= 0.3 is 0 Å². The Kier molecular flexibility index (Phi) is 6.86. The van der Waals surface area contributed by atoms with Crippen LogP contribution in [0.3, 0.4) is 0 Å². The summed E-state index contributed by atoms with van der Waals surface area (Å²) in [6, 6.07) is 0. The molecular formula is C13H26O2. The Labute approximate surface area is 94.3 Å². The molecule has 0 aromatic rings. The third-order valence-corrected chi connectivity index (χ3v) is 2.04. The van der Waals surface area contributed by atoms with Crippen LogP contribution in [0.1, 0.15) is 60.3 Å². The van der Waals surface area contributed by atoms with Crippen molar-refractivity contribution >= 4 is 0 Å². The lowest BCUT2D eigenvalue weighted by atomic mass is 10.0. The SMILES string of the molecule is CC(C)OC(C)(C)O.CC1=CCCCC1. The van der Waals surface area contributed by atoms with Crippen molar-refractivity contribution in [3.05, 3.63) is 11.6 Å². The molecule has 0 spiro atoms. The Bertz CT molecular complexity index is 187. The van der Waals surface area contributed by atoms with Gasteiger partial charge in [-0.2, -0.15) is 0 Å². The van der Waals surface area contributed by atoms with E-state index in [2.05, 4.69) is 13.0 Å². The minimum absolute atomic E-state index is 0.0926. The fourth-order valence-corrected chi connectivity index (χ4v) is 1.58. The van der Waals surface area contributed by atoms with Gasteiger partial charge in [0.15, 0.2) is 5.79 Å². The molecule has 0 saturated heterocycles. The minimum atomic E-state index is -0.978. The van der Waals surface area contributed by atoms with Crippen molar-refractivity contribution in [1.29, 1.82) is 0 Å². The van der Waals surface area contributed by atoms with Crippen LogP contribution >= 0.6 is 0 Å². The van der Waals surface area contributed by atoms with Gasteiger partial charge in [0.05, 0.1) is 6.10 Å². The Morgan fingerprint density at radius 2 is 1.93 bits per heavy atom.